The average molecular weight is 514 g/mol. The molecule has 35 heavy (non-hydrogen) atoms. The fourth-order valence-electron chi connectivity index (χ4n) is 4.75. The van der Waals surface area contributed by atoms with E-state index in [9.17, 15) is 19.8 Å². The van der Waals surface area contributed by atoms with Gasteiger partial charge in [-0.2, -0.15) is 0 Å². The molecular formula is C26H47N2Na2O5+. The molecule has 0 radical (unpaired) electrons. The first kappa shape index (κ1) is 37.7. The Labute approximate surface area is 258 Å². The molecule has 192 valence electrons. The SMILES string of the molecule is CCCCCCCCCCCCCCCCCC1=NCC[N+]1(CCOCC(=O)[O-])CC(=O)[O-].[Na+].[Na+]. The summed E-state index contributed by atoms with van der Waals surface area (Å²) in [6, 6.07) is 0. The topological polar surface area (TPSA) is 102 Å². The number of nitrogens with zero attached hydrogens (tertiary/aromatic N) is 2. The van der Waals surface area contributed by atoms with Crippen LogP contribution >= 0.6 is 0 Å². The summed E-state index contributed by atoms with van der Waals surface area (Å²) in [6.45, 7) is 3.43. The number of carbonyl (C=O) groups is 2. The zero-order chi connectivity index (χ0) is 24.2. The van der Waals surface area contributed by atoms with Gasteiger partial charge in [0, 0.05) is 6.42 Å². The minimum atomic E-state index is -1.27. The first-order valence-electron chi connectivity index (χ1n) is 13.4. The molecule has 1 aliphatic rings. The third-order valence-corrected chi connectivity index (χ3v) is 6.69. The smallest absolute Gasteiger partial charge is 0.548 e. The number of aliphatic carboxylic acids is 2. The average Bonchev–Trinajstić information content (AvgIpc) is 3.15. The first-order valence-corrected chi connectivity index (χ1v) is 13.4. The van der Waals surface area contributed by atoms with Gasteiger partial charge in [-0.05, 0) is 6.42 Å². The zero-order valence-corrected chi connectivity index (χ0v) is 27.0. The Bertz CT molecular complexity index is 578. The van der Waals surface area contributed by atoms with Crippen LogP contribution < -0.4 is 69.3 Å². The Morgan fingerprint density at radius 2 is 1.29 bits per heavy atom. The van der Waals surface area contributed by atoms with Crippen LogP contribution in [0, 0.1) is 0 Å². The molecule has 0 aliphatic carbocycles. The van der Waals surface area contributed by atoms with Crippen molar-refractivity contribution in [2.45, 2.75) is 110 Å². The first-order chi connectivity index (χ1) is 16.0. The molecule has 0 aromatic carbocycles. The molecule has 1 rings (SSSR count). The van der Waals surface area contributed by atoms with Crippen molar-refractivity contribution in [2.75, 3.05) is 39.4 Å². The van der Waals surface area contributed by atoms with Crippen LogP contribution in [0.1, 0.15) is 110 Å². The summed E-state index contributed by atoms with van der Waals surface area (Å²) in [5.74, 6) is -1.48. The van der Waals surface area contributed by atoms with Gasteiger partial charge in [-0.3, -0.25) is 4.48 Å². The number of carbonyl (C=O) groups excluding carboxylic acids is 2. The molecule has 0 N–H and O–H groups in total. The van der Waals surface area contributed by atoms with Crippen LogP contribution in [0.25, 0.3) is 0 Å². The monoisotopic (exact) mass is 513 g/mol. The van der Waals surface area contributed by atoms with Gasteiger partial charge in [-0.1, -0.05) is 96.8 Å². The third kappa shape index (κ3) is 19.3. The van der Waals surface area contributed by atoms with Gasteiger partial charge in [-0.15, -0.1) is 0 Å². The summed E-state index contributed by atoms with van der Waals surface area (Å²) in [6.07, 6.45) is 20.5. The van der Waals surface area contributed by atoms with Crippen molar-refractivity contribution in [3.63, 3.8) is 0 Å². The summed E-state index contributed by atoms with van der Waals surface area (Å²) in [4.78, 5) is 26.4. The molecule has 0 spiro atoms. The molecule has 1 heterocycles. The summed E-state index contributed by atoms with van der Waals surface area (Å²) in [5.41, 5.74) is 0. The van der Waals surface area contributed by atoms with Gasteiger partial charge in [0.2, 0.25) is 0 Å². The third-order valence-electron chi connectivity index (χ3n) is 6.69. The second-order valence-corrected chi connectivity index (χ2v) is 9.54. The molecule has 0 amide bonds. The maximum Gasteiger partial charge on any atom is 1.00 e. The van der Waals surface area contributed by atoms with Crippen LogP contribution in [0.15, 0.2) is 4.99 Å². The van der Waals surface area contributed by atoms with E-state index in [4.69, 9.17) is 4.74 Å². The van der Waals surface area contributed by atoms with Gasteiger partial charge in [-0.25, -0.2) is 4.99 Å². The van der Waals surface area contributed by atoms with E-state index in [1.807, 2.05) is 0 Å². The summed E-state index contributed by atoms with van der Waals surface area (Å²) >= 11 is 0. The standard InChI is InChI=1S/C26H48N2O5.2Na/c1-2-3-4-5-6-7-8-9-10-11-12-13-14-15-16-17-24-27-18-19-28(24,22-25(29)30)20-21-33-23-26(31)32;;/h2-23H2,1H3,(H-,29,30,31,32);;/q;2*+1/p-1. The molecule has 0 aromatic rings. The molecule has 7 nitrogen and oxygen atoms in total. The fourth-order valence-corrected chi connectivity index (χ4v) is 4.75. The Morgan fingerprint density at radius 1 is 0.800 bits per heavy atom. The molecule has 0 saturated heterocycles. The van der Waals surface area contributed by atoms with E-state index in [-0.39, 0.29) is 76.7 Å². The van der Waals surface area contributed by atoms with Crippen molar-refractivity contribution in [1.82, 2.24) is 0 Å². The van der Waals surface area contributed by atoms with E-state index in [2.05, 4.69) is 11.9 Å². The maximum atomic E-state index is 11.3. The molecule has 0 fully saturated rings. The number of ether oxygens (including phenoxy) is 1. The van der Waals surface area contributed by atoms with Crippen molar-refractivity contribution in [3.05, 3.63) is 0 Å². The summed E-state index contributed by atoms with van der Waals surface area (Å²) in [7, 11) is 0. The molecule has 0 bridgehead atoms. The fraction of sp³-hybridized carbons (Fsp3) is 0.885. The summed E-state index contributed by atoms with van der Waals surface area (Å²) < 4.78 is 5.33. The van der Waals surface area contributed by atoms with E-state index >= 15 is 0 Å². The number of hydrogen-bond acceptors (Lipinski definition) is 6. The van der Waals surface area contributed by atoms with Gasteiger partial charge < -0.3 is 24.5 Å². The molecule has 1 unspecified atom stereocenters. The molecule has 9 heteroatoms. The normalized spacial score (nSPS) is 16.9. The van der Waals surface area contributed by atoms with Crippen molar-refractivity contribution >= 4 is 17.8 Å². The largest absolute Gasteiger partial charge is 1.00 e. The molecule has 1 aliphatic heterocycles. The molecule has 0 aromatic heterocycles. The number of quaternary nitrogens is 1. The minimum Gasteiger partial charge on any atom is -0.548 e. The predicted molar refractivity (Wildman–Crippen MR) is 128 cm³/mol. The number of amidine groups is 1. The van der Waals surface area contributed by atoms with Crippen LogP contribution in [-0.4, -0.2) is 61.7 Å². The quantitative estimate of drug-likeness (QED) is 0.0824. The number of rotatable bonds is 23. The minimum absolute atomic E-state index is 0. The van der Waals surface area contributed by atoms with Crippen molar-refractivity contribution in [2.24, 2.45) is 4.99 Å². The Morgan fingerprint density at radius 3 is 1.74 bits per heavy atom. The number of carboxylic acids is 2. The van der Waals surface area contributed by atoms with Gasteiger partial charge in [0.15, 0.2) is 5.84 Å². The summed E-state index contributed by atoms with van der Waals surface area (Å²) in [5, 5.41) is 21.8. The van der Waals surface area contributed by atoms with E-state index in [0.29, 0.717) is 19.6 Å². The molecule has 1 atom stereocenters. The van der Waals surface area contributed by atoms with Gasteiger partial charge in [0.05, 0.1) is 31.7 Å². The van der Waals surface area contributed by atoms with Crippen LogP contribution in [0.3, 0.4) is 0 Å². The maximum absolute atomic E-state index is 11.3. The van der Waals surface area contributed by atoms with Crippen LogP contribution in [-0.2, 0) is 14.3 Å². The van der Waals surface area contributed by atoms with Crippen LogP contribution in [0.5, 0.6) is 0 Å². The molecular weight excluding hydrogens is 466 g/mol. The Balaban J connectivity index is 0. The number of unbranched alkanes of at least 4 members (excludes halogenated alkanes) is 14. The second kappa shape index (κ2) is 24.8. The van der Waals surface area contributed by atoms with Gasteiger partial charge in [0.25, 0.3) is 0 Å². The Hall–Kier alpha value is 0.530. The van der Waals surface area contributed by atoms with E-state index in [1.165, 1.54) is 83.5 Å². The van der Waals surface area contributed by atoms with Crippen LogP contribution in [0.2, 0.25) is 0 Å². The van der Waals surface area contributed by atoms with E-state index in [0.717, 1.165) is 25.1 Å². The molecule has 0 saturated carbocycles. The number of aliphatic imine (C=N–C) groups is 1. The van der Waals surface area contributed by atoms with E-state index < -0.39 is 18.5 Å². The van der Waals surface area contributed by atoms with E-state index in [1.54, 1.807) is 0 Å². The number of carboxylic acid groups (broad SMARTS) is 2. The second-order valence-electron chi connectivity index (χ2n) is 9.54. The van der Waals surface area contributed by atoms with Gasteiger partial charge in [0.1, 0.15) is 19.6 Å². The van der Waals surface area contributed by atoms with Crippen LogP contribution in [0.4, 0.5) is 0 Å². The van der Waals surface area contributed by atoms with Crippen molar-refractivity contribution in [3.8, 4) is 0 Å². The van der Waals surface area contributed by atoms with Crippen molar-refractivity contribution in [1.29, 1.82) is 0 Å². The predicted octanol–water partition coefficient (Wildman–Crippen LogP) is -3.00. The van der Waals surface area contributed by atoms with Crippen molar-refractivity contribution < 1.29 is 88.1 Å². The van der Waals surface area contributed by atoms with Gasteiger partial charge >= 0.3 is 59.1 Å². The number of hydrogen-bond donors (Lipinski definition) is 0. The Kier molecular flexibility index (Phi) is 26.7. The zero-order valence-electron chi connectivity index (χ0n) is 23.0.